The molecule has 0 bridgehead atoms. The quantitative estimate of drug-likeness (QED) is 0.241. The van der Waals surface area contributed by atoms with Gasteiger partial charge in [0.2, 0.25) is 0 Å². The van der Waals surface area contributed by atoms with Gasteiger partial charge in [-0.1, -0.05) is 44.1 Å². The Morgan fingerprint density at radius 2 is 2.27 bits per heavy atom. The molecule has 2 nitrogen and oxygen atoms in total. The number of alkyl halides is 1. The molecule has 2 saturated carbocycles. The number of carbonyl (C=O) groups is 1. The molecule has 122 valence electrons. The fourth-order valence-corrected chi connectivity index (χ4v) is 4.82. The number of carbonyl (C=O) groups excluding carboxylic acids is 1. The maximum absolute atomic E-state index is 11.1. The van der Waals surface area contributed by atoms with Crippen molar-refractivity contribution in [1.29, 1.82) is 0 Å². The van der Waals surface area contributed by atoms with Crippen molar-refractivity contribution in [2.75, 3.05) is 13.7 Å². The van der Waals surface area contributed by atoms with Gasteiger partial charge in [-0.05, 0) is 37.2 Å². The summed E-state index contributed by atoms with van der Waals surface area (Å²) in [5, 5.41) is 0. The Hall–Kier alpha value is -0.860. The number of methoxy groups -OCH3 is 1. The number of halogens is 1. The monoisotopic (exact) mass is 322 g/mol. The summed E-state index contributed by atoms with van der Waals surface area (Å²) in [7, 11) is 1.62. The summed E-state index contributed by atoms with van der Waals surface area (Å²) in [4.78, 5) is 10.9. The Morgan fingerprint density at radius 3 is 2.95 bits per heavy atom. The molecule has 2 rings (SSSR count). The third kappa shape index (κ3) is 3.55. The molecule has 0 aromatic carbocycles. The minimum atomic E-state index is -0.223. The van der Waals surface area contributed by atoms with Crippen LogP contribution in [0.15, 0.2) is 36.0 Å². The summed E-state index contributed by atoms with van der Waals surface area (Å²) in [6, 6.07) is 0. The third-order valence-corrected chi connectivity index (χ3v) is 6.06. The Labute approximate surface area is 139 Å². The Kier molecular flexibility index (Phi) is 6.05. The Bertz CT molecular complexity index is 480. The van der Waals surface area contributed by atoms with E-state index in [0.29, 0.717) is 24.0 Å². The first-order chi connectivity index (χ1) is 10.5. The van der Waals surface area contributed by atoms with Gasteiger partial charge in [-0.25, -0.2) is 0 Å². The summed E-state index contributed by atoms with van der Waals surface area (Å²) < 4.78 is 4.99. The zero-order valence-electron chi connectivity index (χ0n) is 13.7. The molecule has 4 unspecified atom stereocenters. The molecule has 0 spiro atoms. The van der Waals surface area contributed by atoms with E-state index in [-0.39, 0.29) is 10.8 Å². The van der Waals surface area contributed by atoms with Crippen molar-refractivity contribution in [3.05, 3.63) is 36.0 Å². The van der Waals surface area contributed by atoms with Crippen molar-refractivity contribution in [3.8, 4) is 0 Å². The third-order valence-electron chi connectivity index (χ3n) is 5.36. The zero-order valence-corrected chi connectivity index (χ0v) is 14.4. The van der Waals surface area contributed by atoms with E-state index in [0.717, 1.165) is 25.5 Å². The molecule has 0 aliphatic heterocycles. The van der Waals surface area contributed by atoms with Crippen LogP contribution in [0.4, 0.5) is 0 Å². The highest BCUT2D eigenvalue weighted by molar-refractivity contribution is 6.25. The van der Waals surface area contributed by atoms with Crippen LogP contribution in [0.2, 0.25) is 0 Å². The lowest BCUT2D eigenvalue weighted by molar-refractivity contribution is -0.104. The van der Waals surface area contributed by atoms with Gasteiger partial charge in [-0.2, -0.15) is 0 Å². The van der Waals surface area contributed by atoms with E-state index in [4.69, 9.17) is 16.3 Å². The van der Waals surface area contributed by atoms with E-state index in [1.165, 1.54) is 18.4 Å². The molecule has 0 amide bonds. The van der Waals surface area contributed by atoms with Gasteiger partial charge < -0.3 is 4.74 Å². The van der Waals surface area contributed by atoms with Crippen molar-refractivity contribution in [2.45, 2.75) is 43.9 Å². The predicted octanol–water partition coefficient (Wildman–Crippen LogP) is 4.69. The van der Waals surface area contributed by atoms with Crippen LogP contribution in [-0.4, -0.2) is 24.9 Å². The van der Waals surface area contributed by atoms with Gasteiger partial charge in [0, 0.05) is 18.6 Å². The molecule has 0 aromatic rings. The zero-order chi connectivity index (χ0) is 16.2. The van der Waals surface area contributed by atoms with Crippen LogP contribution in [-0.2, 0) is 9.53 Å². The molecule has 2 aliphatic carbocycles. The van der Waals surface area contributed by atoms with Gasteiger partial charge in [0.15, 0.2) is 0 Å². The second-order valence-corrected chi connectivity index (χ2v) is 7.42. The Morgan fingerprint density at radius 1 is 1.50 bits per heavy atom. The lowest BCUT2D eigenvalue weighted by atomic mass is 9.60. The molecule has 3 heteroatoms. The largest absolute Gasteiger partial charge is 0.381 e. The van der Waals surface area contributed by atoms with E-state index in [2.05, 4.69) is 19.6 Å². The fraction of sp³-hybridized carbons (Fsp3) is 0.632. The van der Waals surface area contributed by atoms with Crippen LogP contribution >= 0.6 is 11.6 Å². The molecule has 4 atom stereocenters. The SMILES string of the molecule is C=C1CCC2C(C)CCCC2(Cl)C1/C=C/C(C=O)=C/COC. The van der Waals surface area contributed by atoms with Gasteiger partial charge in [-0.15, -0.1) is 11.6 Å². The van der Waals surface area contributed by atoms with Crippen molar-refractivity contribution >= 4 is 17.9 Å². The summed E-state index contributed by atoms with van der Waals surface area (Å²) in [5.74, 6) is 1.37. The molecule has 0 aromatic heterocycles. The summed E-state index contributed by atoms with van der Waals surface area (Å²) in [6.45, 7) is 7.02. The predicted molar refractivity (Wildman–Crippen MR) is 92.1 cm³/mol. The molecule has 0 N–H and O–H groups in total. The number of allylic oxidation sites excluding steroid dienone is 4. The van der Waals surface area contributed by atoms with E-state index in [1.807, 2.05) is 6.08 Å². The molecule has 0 radical (unpaired) electrons. The normalized spacial score (nSPS) is 36.4. The van der Waals surface area contributed by atoms with E-state index in [1.54, 1.807) is 13.2 Å². The van der Waals surface area contributed by atoms with Crippen LogP contribution in [0.25, 0.3) is 0 Å². The summed E-state index contributed by atoms with van der Waals surface area (Å²) in [5.41, 5.74) is 1.84. The van der Waals surface area contributed by atoms with E-state index in [9.17, 15) is 4.79 Å². The highest BCUT2D eigenvalue weighted by Crippen LogP contribution is 2.55. The van der Waals surface area contributed by atoms with Crippen molar-refractivity contribution in [1.82, 2.24) is 0 Å². The number of aldehydes is 1. The van der Waals surface area contributed by atoms with Crippen molar-refractivity contribution in [2.24, 2.45) is 17.8 Å². The standard InChI is InChI=1S/C19H27ClO2/c1-14-5-4-11-19(20)17(14)8-6-15(2)18(19)9-7-16(13-21)10-12-22-3/h7,9-10,13-14,17-18H,2,4-6,8,11-12H2,1,3H3/b9-7+,16-10-. The second-order valence-electron chi connectivity index (χ2n) is 6.71. The number of hydrogen-bond donors (Lipinski definition) is 0. The molecule has 0 heterocycles. The van der Waals surface area contributed by atoms with Crippen LogP contribution in [0.1, 0.15) is 39.0 Å². The van der Waals surface area contributed by atoms with Crippen molar-refractivity contribution < 1.29 is 9.53 Å². The molecular formula is C19H27ClO2. The summed E-state index contributed by atoms with van der Waals surface area (Å²) >= 11 is 7.12. The molecule has 22 heavy (non-hydrogen) atoms. The molecule has 2 fully saturated rings. The van der Waals surface area contributed by atoms with E-state index >= 15 is 0 Å². The van der Waals surface area contributed by atoms with E-state index < -0.39 is 0 Å². The van der Waals surface area contributed by atoms with Crippen molar-refractivity contribution in [3.63, 3.8) is 0 Å². The molecule has 2 aliphatic rings. The van der Waals surface area contributed by atoms with Gasteiger partial charge >= 0.3 is 0 Å². The fourth-order valence-electron chi connectivity index (χ4n) is 4.14. The number of rotatable bonds is 5. The number of hydrogen-bond acceptors (Lipinski definition) is 2. The van der Waals surface area contributed by atoms with Gasteiger partial charge in [0.25, 0.3) is 0 Å². The van der Waals surface area contributed by atoms with Gasteiger partial charge in [0.05, 0.1) is 11.5 Å². The van der Waals surface area contributed by atoms with Gasteiger partial charge in [0.1, 0.15) is 6.29 Å². The highest BCUT2D eigenvalue weighted by atomic mass is 35.5. The summed E-state index contributed by atoms with van der Waals surface area (Å²) in [6.07, 6.45) is 12.3. The maximum Gasteiger partial charge on any atom is 0.149 e. The number of ether oxygens (including phenoxy) is 1. The van der Waals surface area contributed by atoms with Crippen LogP contribution < -0.4 is 0 Å². The maximum atomic E-state index is 11.1. The lowest BCUT2D eigenvalue weighted by Gasteiger charge is -2.51. The topological polar surface area (TPSA) is 26.3 Å². The van der Waals surface area contributed by atoms with Gasteiger partial charge in [-0.3, -0.25) is 4.79 Å². The first kappa shape index (κ1) is 17.5. The first-order valence-corrected chi connectivity index (χ1v) is 8.59. The highest BCUT2D eigenvalue weighted by Gasteiger charge is 2.50. The lowest BCUT2D eigenvalue weighted by Crippen LogP contribution is -2.48. The average molecular weight is 323 g/mol. The minimum absolute atomic E-state index is 0.154. The molecular weight excluding hydrogens is 296 g/mol. The Balaban J connectivity index is 2.22. The number of fused-ring (bicyclic) bond motifs is 1. The van der Waals surface area contributed by atoms with Crippen LogP contribution in [0.3, 0.4) is 0 Å². The second kappa shape index (κ2) is 7.61. The van der Waals surface area contributed by atoms with Crippen LogP contribution in [0, 0.1) is 17.8 Å². The smallest absolute Gasteiger partial charge is 0.149 e. The minimum Gasteiger partial charge on any atom is -0.381 e. The molecule has 0 saturated heterocycles. The average Bonchev–Trinajstić information content (AvgIpc) is 2.49. The first-order valence-electron chi connectivity index (χ1n) is 8.22. The van der Waals surface area contributed by atoms with Crippen LogP contribution in [0.5, 0.6) is 0 Å².